The van der Waals surface area contributed by atoms with Gasteiger partial charge in [0, 0.05) is 17.4 Å². The normalized spacial score (nSPS) is 10.1. The second-order valence-corrected chi connectivity index (χ2v) is 4.70. The van der Waals surface area contributed by atoms with Crippen LogP contribution in [-0.4, -0.2) is 15.9 Å². The van der Waals surface area contributed by atoms with Crippen LogP contribution in [0.25, 0.3) is 0 Å². The fourth-order valence-electron chi connectivity index (χ4n) is 1.81. The Kier molecular flexibility index (Phi) is 4.42. The highest BCUT2D eigenvalue weighted by molar-refractivity contribution is 7.80. The number of amides is 1. The summed E-state index contributed by atoms with van der Waals surface area (Å²) in [6, 6.07) is 11.0. The van der Waals surface area contributed by atoms with Gasteiger partial charge in [0.1, 0.15) is 10.7 Å². The number of nitrogens with one attached hydrogen (secondary N) is 1. The number of anilines is 1. The monoisotopic (exact) mass is 285 g/mol. The summed E-state index contributed by atoms with van der Waals surface area (Å²) in [7, 11) is 0. The zero-order valence-electron chi connectivity index (χ0n) is 11.1. The van der Waals surface area contributed by atoms with Crippen molar-refractivity contribution in [1.29, 1.82) is 0 Å². The van der Waals surface area contributed by atoms with E-state index < -0.39 is 0 Å². The average molecular weight is 285 g/mol. The fourth-order valence-corrected chi connectivity index (χ4v) is 1.93. The number of thiocarbonyl (C=S) groups is 1. The zero-order chi connectivity index (χ0) is 14.5. The standard InChI is InChI=1S/C15H15N3OS/c1-2-10-5-3-4-6-12(10)18-15(19)13-8-7-11(9-17-13)14(16)20/h3-9H,2H2,1H3,(H2,16,20)(H,18,19). The van der Waals surface area contributed by atoms with Crippen LogP contribution in [0.4, 0.5) is 5.69 Å². The molecule has 1 heterocycles. The Morgan fingerprint density at radius 2 is 2.05 bits per heavy atom. The lowest BCUT2D eigenvalue weighted by Crippen LogP contribution is -2.16. The first-order valence-electron chi connectivity index (χ1n) is 6.27. The number of hydrogen-bond acceptors (Lipinski definition) is 3. The van der Waals surface area contributed by atoms with E-state index in [0.29, 0.717) is 11.3 Å². The van der Waals surface area contributed by atoms with Crippen molar-refractivity contribution in [3.05, 3.63) is 59.4 Å². The van der Waals surface area contributed by atoms with Crippen LogP contribution in [0, 0.1) is 0 Å². The molecule has 0 aliphatic carbocycles. The van der Waals surface area contributed by atoms with E-state index in [1.807, 2.05) is 31.2 Å². The average Bonchev–Trinajstić information content (AvgIpc) is 2.48. The molecular formula is C15H15N3OS. The Balaban J connectivity index is 2.17. The van der Waals surface area contributed by atoms with E-state index >= 15 is 0 Å². The molecule has 3 N–H and O–H groups in total. The van der Waals surface area contributed by atoms with Crippen LogP contribution in [0.2, 0.25) is 0 Å². The third-order valence-electron chi connectivity index (χ3n) is 2.93. The predicted molar refractivity (Wildman–Crippen MR) is 83.9 cm³/mol. The molecule has 2 rings (SSSR count). The molecule has 20 heavy (non-hydrogen) atoms. The highest BCUT2D eigenvalue weighted by Crippen LogP contribution is 2.16. The second-order valence-electron chi connectivity index (χ2n) is 4.26. The van der Waals surface area contributed by atoms with Crippen LogP contribution >= 0.6 is 12.2 Å². The summed E-state index contributed by atoms with van der Waals surface area (Å²) in [5, 5.41) is 2.86. The van der Waals surface area contributed by atoms with Crippen molar-refractivity contribution in [3.63, 3.8) is 0 Å². The van der Waals surface area contributed by atoms with Crippen molar-refractivity contribution in [3.8, 4) is 0 Å². The van der Waals surface area contributed by atoms with Gasteiger partial charge in [-0.05, 0) is 30.2 Å². The third-order valence-corrected chi connectivity index (χ3v) is 3.16. The van der Waals surface area contributed by atoms with Crippen molar-refractivity contribution >= 4 is 28.8 Å². The maximum Gasteiger partial charge on any atom is 0.274 e. The maximum absolute atomic E-state index is 12.1. The SMILES string of the molecule is CCc1ccccc1NC(=O)c1ccc(C(N)=S)cn1. The van der Waals surface area contributed by atoms with Gasteiger partial charge in [0.2, 0.25) is 0 Å². The largest absolute Gasteiger partial charge is 0.389 e. The van der Waals surface area contributed by atoms with E-state index in [1.54, 1.807) is 12.1 Å². The molecule has 0 radical (unpaired) electrons. The van der Waals surface area contributed by atoms with Gasteiger partial charge in [0.25, 0.3) is 5.91 Å². The van der Waals surface area contributed by atoms with E-state index in [2.05, 4.69) is 10.3 Å². The minimum absolute atomic E-state index is 0.250. The molecular weight excluding hydrogens is 270 g/mol. The molecule has 1 amide bonds. The lowest BCUT2D eigenvalue weighted by Gasteiger charge is -2.09. The van der Waals surface area contributed by atoms with E-state index in [1.165, 1.54) is 6.20 Å². The van der Waals surface area contributed by atoms with Crippen molar-refractivity contribution in [2.75, 3.05) is 5.32 Å². The first-order chi connectivity index (χ1) is 9.61. The quantitative estimate of drug-likeness (QED) is 0.847. The van der Waals surface area contributed by atoms with Gasteiger partial charge in [-0.15, -0.1) is 0 Å². The van der Waals surface area contributed by atoms with Gasteiger partial charge in [-0.2, -0.15) is 0 Å². The van der Waals surface area contributed by atoms with Gasteiger partial charge in [0.05, 0.1) is 0 Å². The molecule has 0 saturated carbocycles. The van der Waals surface area contributed by atoms with Crippen LogP contribution in [0.5, 0.6) is 0 Å². The van der Waals surface area contributed by atoms with E-state index in [4.69, 9.17) is 18.0 Å². The number of nitrogens with zero attached hydrogens (tertiary/aromatic N) is 1. The van der Waals surface area contributed by atoms with Gasteiger partial charge in [0.15, 0.2) is 0 Å². The number of benzene rings is 1. The van der Waals surface area contributed by atoms with Gasteiger partial charge >= 0.3 is 0 Å². The van der Waals surface area contributed by atoms with E-state index in [-0.39, 0.29) is 10.9 Å². The van der Waals surface area contributed by atoms with E-state index in [0.717, 1.165) is 17.7 Å². The number of aryl methyl sites for hydroxylation is 1. The highest BCUT2D eigenvalue weighted by atomic mass is 32.1. The summed E-state index contributed by atoms with van der Waals surface area (Å²) in [4.78, 5) is 16.5. The van der Waals surface area contributed by atoms with Crippen LogP contribution in [0.1, 0.15) is 28.5 Å². The van der Waals surface area contributed by atoms with Crippen molar-refractivity contribution < 1.29 is 4.79 Å². The van der Waals surface area contributed by atoms with Crippen LogP contribution in [-0.2, 0) is 6.42 Å². The van der Waals surface area contributed by atoms with E-state index in [9.17, 15) is 4.79 Å². The Morgan fingerprint density at radius 3 is 2.65 bits per heavy atom. The molecule has 102 valence electrons. The number of carbonyl (C=O) groups excluding carboxylic acids is 1. The van der Waals surface area contributed by atoms with Crippen LogP contribution in [0.15, 0.2) is 42.6 Å². The molecule has 0 aliphatic rings. The second kappa shape index (κ2) is 6.25. The predicted octanol–water partition coefficient (Wildman–Crippen LogP) is 2.53. The number of hydrogen-bond donors (Lipinski definition) is 2. The molecule has 2 aromatic rings. The minimum atomic E-state index is -0.250. The number of para-hydroxylation sites is 1. The molecule has 1 aromatic carbocycles. The smallest absolute Gasteiger partial charge is 0.274 e. The number of aromatic nitrogens is 1. The number of nitrogens with two attached hydrogens (primary N) is 1. The zero-order valence-corrected chi connectivity index (χ0v) is 11.9. The lowest BCUT2D eigenvalue weighted by atomic mass is 10.1. The third kappa shape index (κ3) is 3.19. The summed E-state index contributed by atoms with van der Waals surface area (Å²) in [5.41, 5.74) is 8.36. The first kappa shape index (κ1) is 14.1. The minimum Gasteiger partial charge on any atom is -0.389 e. The van der Waals surface area contributed by atoms with Crippen molar-refractivity contribution in [1.82, 2.24) is 4.98 Å². The van der Waals surface area contributed by atoms with Gasteiger partial charge < -0.3 is 11.1 Å². The maximum atomic E-state index is 12.1. The molecule has 0 saturated heterocycles. The molecule has 0 atom stereocenters. The molecule has 1 aromatic heterocycles. The molecule has 0 bridgehead atoms. The highest BCUT2D eigenvalue weighted by Gasteiger charge is 2.09. The molecule has 0 unspecified atom stereocenters. The van der Waals surface area contributed by atoms with Crippen molar-refractivity contribution in [2.45, 2.75) is 13.3 Å². The Morgan fingerprint density at radius 1 is 1.30 bits per heavy atom. The fraction of sp³-hybridized carbons (Fsp3) is 0.133. The Hall–Kier alpha value is -2.27. The molecule has 0 fully saturated rings. The summed E-state index contributed by atoms with van der Waals surface area (Å²) in [5.74, 6) is -0.250. The number of pyridine rings is 1. The first-order valence-corrected chi connectivity index (χ1v) is 6.67. The Bertz CT molecular complexity index is 638. The summed E-state index contributed by atoms with van der Waals surface area (Å²) in [6.45, 7) is 2.04. The summed E-state index contributed by atoms with van der Waals surface area (Å²) >= 11 is 4.85. The summed E-state index contributed by atoms with van der Waals surface area (Å²) < 4.78 is 0. The number of carbonyl (C=O) groups is 1. The van der Waals surface area contributed by atoms with Crippen molar-refractivity contribution in [2.24, 2.45) is 5.73 Å². The van der Waals surface area contributed by atoms with Gasteiger partial charge in [-0.3, -0.25) is 9.78 Å². The molecule has 0 spiro atoms. The summed E-state index contributed by atoms with van der Waals surface area (Å²) in [6.07, 6.45) is 2.35. The lowest BCUT2D eigenvalue weighted by molar-refractivity contribution is 0.102. The molecule has 5 heteroatoms. The van der Waals surface area contributed by atoms with Crippen LogP contribution in [0.3, 0.4) is 0 Å². The topological polar surface area (TPSA) is 68.0 Å². The molecule has 4 nitrogen and oxygen atoms in total. The van der Waals surface area contributed by atoms with Gasteiger partial charge in [-0.1, -0.05) is 37.3 Å². The number of rotatable bonds is 4. The molecule has 0 aliphatic heterocycles. The Labute approximate surface area is 123 Å². The van der Waals surface area contributed by atoms with Gasteiger partial charge in [-0.25, -0.2) is 0 Å². The van der Waals surface area contributed by atoms with Crippen LogP contribution < -0.4 is 11.1 Å².